The fraction of sp³-hybridized carbons (Fsp3) is 0.714. The predicted octanol–water partition coefficient (Wildman–Crippen LogP) is 13.6. The molecule has 6 unspecified atom stereocenters. The molecule has 246 valence electrons. The van der Waals surface area contributed by atoms with Crippen molar-refractivity contribution in [2.24, 2.45) is 35.5 Å². The lowest BCUT2D eigenvalue weighted by Crippen LogP contribution is -2.29. The molecule has 0 heterocycles. The molecule has 4 aliphatic rings. The van der Waals surface area contributed by atoms with E-state index in [1.807, 2.05) is 21.5 Å². The van der Waals surface area contributed by atoms with E-state index < -0.39 is 16.1 Å². The van der Waals surface area contributed by atoms with Gasteiger partial charge in [-0.05, 0) is 62.2 Å². The van der Waals surface area contributed by atoms with Crippen molar-refractivity contribution in [2.45, 2.75) is 156 Å². The van der Waals surface area contributed by atoms with Gasteiger partial charge in [0.2, 0.25) is 0 Å². The van der Waals surface area contributed by atoms with Crippen molar-refractivity contribution in [1.82, 2.24) is 0 Å². The first kappa shape index (κ1) is 35.7. The van der Waals surface area contributed by atoms with E-state index in [2.05, 4.69) is 102 Å². The third-order valence-electron chi connectivity index (χ3n) is 11.5. The van der Waals surface area contributed by atoms with E-state index in [0.29, 0.717) is 23.7 Å². The fourth-order valence-corrected chi connectivity index (χ4v) is 14.9. The van der Waals surface area contributed by atoms with Crippen molar-refractivity contribution in [2.75, 3.05) is 0 Å². The minimum Gasteiger partial charge on any atom is -0.0774 e. The molecular weight excluding hydrogens is 561 g/mol. The molecule has 0 aliphatic heterocycles. The predicted molar refractivity (Wildman–Crippen MR) is 203 cm³/mol. The maximum absolute atomic E-state index is 2.62. The number of unbranched alkanes of at least 4 members (excludes halogenated alkanes) is 9. The molecule has 4 aliphatic carbocycles. The molecule has 0 aromatic rings. The average molecular weight is 631 g/mol. The number of hydrogen-bond acceptors (Lipinski definition) is 0. The Morgan fingerprint density at radius 1 is 0.432 bits per heavy atom. The molecule has 0 aromatic carbocycles. The van der Waals surface area contributed by atoms with Crippen LogP contribution in [0.15, 0.2) is 70.1 Å². The van der Waals surface area contributed by atoms with Crippen LogP contribution in [0.1, 0.15) is 117 Å². The van der Waals surface area contributed by atoms with E-state index in [4.69, 9.17) is 0 Å². The van der Waals surface area contributed by atoms with Crippen molar-refractivity contribution in [3.05, 3.63) is 70.1 Å². The van der Waals surface area contributed by atoms with Gasteiger partial charge in [0.05, 0.1) is 16.1 Å². The highest BCUT2D eigenvalue weighted by Gasteiger charge is 2.45. The van der Waals surface area contributed by atoms with E-state index in [-0.39, 0.29) is 0 Å². The van der Waals surface area contributed by atoms with Crippen LogP contribution in [0.25, 0.3) is 0 Å². The second-order valence-electron chi connectivity index (χ2n) is 17.0. The lowest BCUT2D eigenvalue weighted by Gasteiger charge is -2.28. The Labute approximate surface area is 276 Å². The first-order valence-corrected chi connectivity index (χ1v) is 26.3. The van der Waals surface area contributed by atoms with Gasteiger partial charge in [0, 0.05) is 11.8 Å². The third-order valence-corrected chi connectivity index (χ3v) is 16.1. The summed E-state index contributed by atoms with van der Waals surface area (Å²) in [6, 6.07) is 0. The van der Waals surface area contributed by atoms with E-state index in [1.54, 1.807) is 0 Å². The molecule has 0 saturated heterocycles. The highest BCUT2D eigenvalue weighted by Crippen LogP contribution is 2.53. The van der Waals surface area contributed by atoms with Crippen molar-refractivity contribution < 1.29 is 0 Å². The molecule has 6 atom stereocenters. The van der Waals surface area contributed by atoms with Gasteiger partial charge in [-0.2, -0.15) is 0 Å². The third kappa shape index (κ3) is 8.81. The van der Waals surface area contributed by atoms with Crippen molar-refractivity contribution in [3.63, 3.8) is 0 Å². The van der Waals surface area contributed by atoms with Gasteiger partial charge in [-0.15, -0.1) is 0 Å². The Bertz CT molecular complexity index is 1010. The Morgan fingerprint density at radius 3 is 1.11 bits per heavy atom. The van der Waals surface area contributed by atoms with Crippen LogP contribution >= 0.6 is 0 Å². The summed E-state index contributed by atoms with van der Waals surface area (Å²) in [5.74, 6) is 4.48. The zero-order chi connectivity index (χ0) is 31.7. The summed E-state index contributed by atoms with van der Waals surface area (Å²) < 4.78 is 0. The SMILES string of the molecule is CCCCCCC1=C([Si](C)(C)C)C2C=CC=CC1C2CCCCCCC1C2C=CC=CC1C([Si](C)(C)C)=C2CCCCCC. The number of hydrogen-bond donors (Lipinski definition) is 0. The lowest BCUT2D eigenvalue weighted by atomic mass is 9.81. The van der Waals surface area contributed by atoms with Crippen molar-refractivity contribution in [1.29, 1.82) is 0 Å². The smallest absolute Gasteiger partial charge is 0.0732 e. The van der Waals surface area contributed by atoms with Gasteiger partial charge in [-0.25, -0.2) is 0 Å². The van der Waals surface area contributed by atoms with Crippen LogP contribution in [0.2, 0.25) is 39.3 Å². The quantitative estimate of drug-likeness (QED) is 0.0983. The monoisotopic (exact) mass is 631 g/mol. The molecule has 0 nitrogen and oxygen atoms in total. The van der Waals surface area contributed by atoms with E-state index >= 15 is 0 Å². The maximum atomic E-state index is 2.62. The summed E-state index contributed by atoms with van der Waals surface area (Å²) in [4.78, 5) is 0. The van der Waals surface area contributed by atoms with Gasteiger partial charge in [0.25, 0.3) is 0 Å². The Hall–Kier alpha value is -1.13. The summed E-state index contributed by atoms with van der Waals surface area (Å²) in [5.41, 5.74) is 3.77. The van der Waals surface area contributed by atoms with Crippen LogP contribution in [0.5, 0.6) is 0 Å². The summed E-state index contributed by atoms with van der Waals surface area (Å²) >= 11 is 0. The molecule has 0 N–H and O–H groups in total. The number of fused-ring (bicyclic) bond motifs is 4. The molecular formula is C42H70Si2. The van der Waals surface area contributed by atoms with E-state index in [0.717, 1.165) is 11.8 Å². The standard InChI is InChI=1S/C42H70Si2/c1-9-11-13-17-29-37-35-27-21-23-31-39(41(37)43(3,4)5)33(35)25-19-15-16-20-26-34-36-28-22-24-32-40(34)42(44(6,7)8)38(36)30-18-14-12-10-2/h21-24,27-28,31-36,39-40H,9-20,25-26,29-30H2,1-8H3. The molecule has 0 spiro atoms. The molecule has 0 saturated carbocycles. The van der Waals surface area contributed by atoms with Crippen LogP contribution in [0, 0.1) is 35.5 Å². The maximum Gasteiger partial charge on any atom is 0.0732 e. The highest BCUT2D eigenvalue weighted by atomic mass is 28.3. The highest BCUT2D eigenvalue weighted by molar-refractivity contribution is 6.83. The van der Waals surface area contributed by atoms with Gasteiger partial charge >= 0.3 is 0 Å². The molecule has 0 radical (unpaired) electrons. The Balaban J connectivity index is 1.33. The summed E-state index contributed by atoms with van der Waals surface area (Å²) in [5, 5.41) is 3.87. The summed E-state index contributed by atoms with van der Waals surface area (Å²) in [6.07, 6.45) is 42.3. The Morgan fingerprint density at radius 2 is 0.773 bits per heavy atom. The largest absolute Gasteiger partial charge is 0.0774 e. The van der Waals surface area contributed by atoms with Crippen molar-refractivity contribution >= 4 is 16.1 Å². The van der Waals surface area contributed by atoms with Gasteiger partial charge in [0.15, 0.2) is 0 Å². The van der Waals surface area contributed by atoms with E-state index in [9.17, 15) is 0 Å². The first-order valence-electron chi connectivity index (χ1n) is 19.3. The van der Waals surface area contributed by atoms with Gasteiger partial charge in [-0.3, -0.25) is 0 Å². The molecule has 44 heavy (non-hydrogen) atoms. The van der Waals surface area contributed by atoms with Crippen LogP contribution < -0.4 is 0 Å². The molecule has 4 bridgehead atoms. The summed E-state index contributed by atoms with van der Waals surface area (Å²) in [7, 11) is -2.70. The van der Waals surface area contributed by atoms with Crippen molar-refractivity contribution in [3.8, 4) is 0 Å². The van der Waals surface area contributed by atoms with Gasteiger partial charge < -0.3 is 0 Å². The lowest BCUT2D eigenvalue weighted by molar-refractivity contribution is 0.346. The average Bonchev–Trinajstić information content (AvgIpc) is 3.18. The van der Waals surface area contributed by atoms with Gasteiger partial charge in [0.1, 0.15) is 0 Å². The van der Waals surface area contributed by atoms with Crippen LogP contribution in [-0.4, -0.2) is 16.1 Å². The topological polar surface area (TPSA) is 0 Å². The molecule has 0 fully saturated rings. The number of rotatable bonds is 19. The normalized spacial score (nSPS) is 28.0. The second kappa shape index (κ2) is 16.6. The van der Waals surface area contributed by atoms with Gasteiger partial charge in [-0.1, -0.05) is 187 Å². The molecule has 0 aromatic heterocycles. The molecule has 2 heteroatoms. The second-order valence-corrected chi connectivity index (χ2v) is 27.0. The minimum absolute atomic E-state index is 0.709. The fourth-order valence-electron chi connectivity index (χ4n) is 9.79. The molecule has 0 amide bonds. The van der Waals surface area contributed by atoms with Crippen LogP contribution in [0.4, 0.5) is 0 Å². The zero-order valence-corrected chi connectivity index (χ0v) is 32.4. The first-order chi connectivity index (χ1) is 21.1. The minimum atomic E-state index is -1.35. The zero-order valence-electron chi connectivity index (χ0n) is 30.4. The van der Waals surface area contributed by atoms with E-state index in [1.165, 1.54) is 103 Å². The molecule has 4 rings (SSSR count). The number of allylic oxidation sites excluding steroid dienone is 12. The Kier molecular flexibility index (Phi) is 13.5. The van der Waals surface area contributed by atoms with Crippen LogP contribution in [-0.2, 0) is 0 Å². The summed E-state index contributed by atoms with van der Waals surface area (Å²) in [6.45, 7) is 20.4. The van der Waals surface area contributed by atoms with Crippen LogP contribution in [0.3, 0.4) is 0 Å².